The molecule has 0 saturated carbocycles. The average Bonchev–Trinajstić information content (AvgIpc) is 2.70. The number of rotatable bonds is 6. The molecule has 1 aliphatic carbocycles. The highest BCUT2D eigenvalue weighted by Crippen LogP contribution is 2.33. The van der Waals surface area contributed by atoms with Crippen LogP contribution in [0.4, 0.5) is 5.69 Å². The van der Waals surface area contributed by atoms with Gasteiger partial charge in [0, 0.05) is 12.7 Å². The molecule has 0 aromatic heterocycles. The Morgan fingerprint density at radius 3 is 2.59 bits per heavy atom. The molecule has 5 heteroatoms. The summed E-state index contributed by atoms with van der Waals surface area (Å²) >= 11 is 0. The van der Waals surface area contributed by atoms with E-state index in [1.807, 2.05) is 57.1 Å². The van der Waals surface area contributed by atoms with Gasteiger partial charge in [-0.2, -0.15) is 0 Å². The summed E-state index contributed by atoms with van der Waals surface area (Å²) in [6, 6.07) is 14.4. The van der Waals surface area contributed by atoms with Crippen molar-refractivity contribution in [3.63, 3.8) is 0 Å². The van der Waals surface area contributed by atoms with Crippen molar-refractivity contribution in [2.75, 3.05) is 32.5 Å². The number of hydrogen-bond donors (Lipinski definition) is 1. The lowest BCUT2D eigenvalue weighted by Crippen LogP contribution is -2.41. The Bertz CT molecular complexity index is 893. The SMILES string of the molecule is Cc1cccc(NC(=O)CN(C)CC(=O)N(C)[C@@H]2CCCc3ccccc32)c1C. The molecule has 2 amide bonds. The van der Waals surface area contributed by atoms with Gasteiger partial charge in [0.2, 0.25) is 11.8 Å². The van der Waals surface area contributed by atoms with Crippen molar-refractivity contribution in [1.82, 2.24) is 9.80 Å². The van der Waals surface area contributed by atoms with E-state index in [0.717, 1.165) is 36.1 Å². The molecule has 3 rings (SSSR count). The second-order valence-electron chi connectivity index (χ2n) is 8.08. The molecule has 2 aromatic rings. The number of anilines is 1. The minimum Gasteiger partial charge on any atom is -0.338 e. The summed E-state index contributed by atoms with van der Waals surface area (Å²) in [5.41, 5.74) is 5.62. The van der Waals surface area contributed by atoms with E-state index in [1.54, 1.807) is 4.90 Å². The fraction of sp³-hybridized carbons (Fsp3) is 0.417. The molecule has 0 radical (unpaired) electrons. The van der Waals surface area contributed by atoms with E-state index >= 15 is 0 Å². The van der Waals surface area contributed by atoms with Crippen molar-refractivity contribution in [3.8, 4) is 0 Å². The number of amides is 2. The Balaban J connectivity index is 1.56. The Kier molecular flexibility index (Phi) is 6.70. The van der Waals surface area contributed by atoms with E-state index < -0.39 is 0 Å². The zero-order valence-electron chi connectivity index (χ0n) is 17.9. The summed E-state index contributed by atoms with van der Waals surface area (Å²) in [4.78, 5) is 28.9. The van der Waals surface area contributed by atoms with Crippen LogP contribution in [-0.2, 0) is 16.0 Å². The Morgan fingerprint density at radius 2 is 1.79 bits per heavy atom. The predicted octanol–water partition coefficient (Wildman–Crippen LogP) is 3.71. The monoisotopic (exact) mass is 393 g/mol. The number of benzene rings is 2. The fourth-order valence-corrected chi connectivity index (χ4v) is 4.02. The van der Waals surface area contributed by atoms with Gasteiger partial charge in [0.15, 0.2) is 0 Å². The molecular weight excluding hydrogens is 362 g/mol. The molecule has 2 aromatic carbocycles. The number of fused-ring (bicyclic) bond motifs is 1. The third-order valence-corrected chi connectivity index (χ3v) is 5.90. The second-order valence-corrected chi connectivity index (χ2v) is 8.08. The molecule has 0 fully saturated rings. The maximum absolute atomic E-state index is 12.9. The predicted molar refractivity (Wildman–Crippen MR) is 117 cm³/mol. The van der Waals surface area contributed by atoms with Crippen LogP contribution >= 0.6 is 0 Å². The zero-order valence-corrected chi connectivity index (χ0v) is 17.9. The standard InChI is InChI=1S/C24H31N3O2/c1-17-9-7-13-21(18(17)2)25-23(28)15-26(3)16-24(29)27(4)22-14-8-11-19-10-5-6-12-20(19)22/h5-7,9-10,12-13,22H,8,11,14-16H2,1-4H3,(H,25,28)/t22-/m1/s1. The number of nitrogens with one attached hydrogen (secondary N) is 1. The Hall–Kier alpha value is -2.66. The second kappa shape index (κ2) is 9.23. The number of carbonyl (C=O) groups excluding carboxylic acids is 2. The highest BCUT2D eigenvalue weighted by Gasteiger charge is 2.27. The largest absolute Gasteiger partial charge is 0.338 e. The normalized spacial score (nSPS) is 15.7. The smallest absolute Gasteiger partial charge is 0.238 e. The molecule has 0 bridgehead atoms. The van der Waals surface area contributed by atoms with E-state index in [1.165, 1.54) is 11.1 Å². The number of likely N-dealkylation sites (N-methyl/N-ethyl adjacent to an activating group) is 2. The van der Waals surface area contributed by atoms with Crippen LogP contribution in [-0.4, -0.2) is 48.8 Å². The molecule has 0 aliphatic heterocycles. The first-order valence-corrected chi connectivity index (χ1v) is 10.2. The van der Waals surface area contributed by atoms with E-state index in [-0.39, 0.29) is 30.9 Å². The Morgan fingerprint density at radius 1 is 1.03 bits per heavy atom. The molecule has 5 nitrogen and oxygen atoms in total. The van der Waals surface area contributed by atoms with Crippen molar-refractivity contribution in [2.24, 2.45) is 0 Å². The van der Waals surface area contributed by atoms with E-state index in [4.69, 9.17) is 0 Å². The van der Waals surface area contributed by atoms with Crippen molar-refractivity contribution in [2.45, 2.75) is 39.2 Å². The van der Waals surface area contributed by atoms with E-state index in [2.05, 4.69) is 23.5 Å². The molecule has 1 aliphatic rings. The lowest BCUT2D eigenvalue weighted by Gasteiger charge is -2.34. The summed E-state index contributed by atoms with van der Waals surface area (Å²) in [6.45, 7) is 4.41. The number of carbonyl (C=O) groups is 2. The topological polar surface area (TPSA) is 52.7 Å². The van der Waals surface area contributed by atoms with Crippen LogP contribution in [0.2, 0.25) is 0 Å². The van der Waals surface area contributed by atoms with Crippen LogP contribution in [0.3, 0.4) is 0 Å². The van der Waals surface area contributed by atoms with Gasteiger partial charge >= 0.3 is 0 Å². The summed E-state index contributed by atoms with van der Waals surface area (Å²) in [5.74, 6) is -0.0756. The quantitative estimate of drug-likeness (QED) is 0.814. The first kappa shape index (κ1) is 21.1. The molecule has 1 N–H and O–H groups in total. The van der Waals surface area contributed by atoms with Crippen molar-refractivity contribution in [1.29, 1.82) is 0 Å². The molecule has 0 heterocycles. The summed E-state index contributed by atoms with van der Waals surface area (Å²) in [7, 11) is 3.68. The molecule has 154 valence electrons. The molecule has 29 heavy (non-hydrogen) atoms. The summed E-state index contributed by atoms with van der Waals surface area (Å²) in [5, 5.41) is 2.96. The maximum Gasteiger partial charge on any atom is 0.238 e. The van der Waals surface area contributed by atoms with Gasteiger partial charge in [-0.1, -0.05) is 36.4 Å². The molecule has 1 atom stereocenters. The Labute approximate surface area is 173 Å². The van der Waals surface area contributed by atoms with Gasteiger partial charge < -0.3 is 10.2 Å². The number of hydrogen-bond acceptors (Lipinski definition) is 3. The van der Waals surface area contributed by atoms with E-state index in [0.29, 0.717) is 0 Å². The van der Waals surface area contributed by atoms with Crippen LogP contribution in [0.5, 0.6) is 0 Å². The first-order valence-electron chi connectivity index (χ1n) is 10.2. The third kappa shape index (κ3) is 5.04. The van der Waals surface area contributed by atoms with Gasteiger partial charge in [0.1, 0.15) is 0 Å². The van der Waals surface area contributed by atoms with Crippen molar-refractivity contribution < 1.29 is 9.59 Å². The van der Waals surface area contributed by atoms with Crippen LogP contribution in [0.25, 0.3) is 0 Å². The van der Waals surface area contributed by atoms with Gasteiger partial charge in [-0.15, -0.1) is 0 Å². The van der Waals surface area contributed by atoms with Crippen LogP contribution in [0.15, 0.2) is 42.5 Å². The zero-order chi connectivity index (χ0) is 21.0. The lowest BCUT2D eigenvalue weighted by atomic mass is 9.87. The maximum atomic E-state index is 12.9. The summed E-state index contributed by atoms with van der Waals surface area (Å²) < 4.78 is 0. The van der Waals surface area contributed by atoms with Crippen LogP contribution in [0, 0.1) is 13.8 Å². The van der Waals surface area contributed by atoms with Gasteiger partial charge in [0.25, 0.3) is 0 Å². The minimum absolute atomic E-state index is 0.0359. The molecule has 0 saturated heterocycles. The van der Waals surface area contributed by atoms with Gasteiger partial charge in [-0.3, -0.25) is 14.5 Å². The van der Waals surface area contributed by atoms with Crippen LogP contribution < -0.4 is 5.32 Å². The van der Waals surface area contributed by atoms with Crippen molar-refractivity contribution in [3.05, 3.63) is 64.7 Å². The third-order valence-electron chi connectivity index (χ3n) is 5.90. The summed E-state index contributed by atoms with van der Waals surface area (Å²) in [6.07, 6.45) is 3.15. The lowest BCUT2D eigenvalue weighted by molar-refractivity contribution is -0.133. The first-order chi connectivity index (χ1) is 13.9. The van der Waals surface area contributed by atoms with E-state index in [9.17, 15) is 9.59 Å². The average molecular weight is 394 g/mol. The van der Waals surface area contributed by atoms with Crippen LogP contribution in [0.1, 0.15) is 41.1 Å². The van der Waals surface area contributed by atoms with Gasteiger partial charge in [0.05, 0.1) is 19.1 Å². The number of nitrogens with zero attached hydrogens (tertiary/aromatic N) is 2. The van der Waals surface area contributed by atoms with Crippen molar-refractivity contribution >= 4 is 17.5 Å². The highest BCUT2D eigenvalue weighted by molar-refractivity contribution is 5.93. The molecule has 0 unspecified atom stereocenters. The molecule has 0 spiro atoms. The van der Waals surface area contributed by atoms with Gasteiger partial charge in [-0.25, -0.2) is 0 Å². The number of aryl methyl sites for hydroxylation is 2. The molecular formula is C24H31N3O2. The minimum atomic E-state index is -0.111. The fourth-order valence-electron chi connectivity index (χ4n) is 4.02. The highest BCUT2D eigenvalue weighted by atomic mass is 16.2. The van der Waals surface area contributed by atoms with Gasteiger partial charge in [-0.05, 0) is 68.5 Å².